The van der Waals surface area contributed by atoms with E-state index in [9.17, 15) is 0 Å². The molecule has 0 aliphatic heterocycles. The molecule has 2 aromatic rings. The Kier molecular flexibility index (Phi) is 4.68. The van der Waals surface area contributed by atoms with Gasteiger partial charge in [-0.2, -0.15) is 5.10 Å². The molecule has 0 fully saturated rings. The molecule has 20 heavy (non-hydrogen) atoms. The summed E-state index contributed by atoms with van der Waals surface area (Å²) in [5, 5.41) is 8.49. The first-order valence-electron chi connectivity index (χ1n) is 6.65. The summed E-state index contributed by atoms with van der Waals surface area (Å²) in [6, 6.07) is 7.96. The summed E-state index contributed by atoms with van der Waals surface area (Å²) in [5.74, 6) is 1.15. The third-order valence-corrected chi connectivity index (χ3v) is 3.61. The molecular formula is C15H21ClN4. The molecule has 1 aromatic heterocycles. The molecule has 2 rings (SSSR count). The van der Waals surface area contributed by atoms with Crippen LogP contribution in [0.15, 0.2) is 24.3 Å². The smallest absolute Gasteiger partial charge is 0.131 e. The molecule has 1 heterocycles. The first-order chi connectivity index (χ1) is 9.52. The van der Waals surface area contributed by atoms with Gasteiger partial charge in [-0.05, 0) is 31.7 Å². The lowest BCUT2D eigenvalue weighted by Crippen LogP contribution is -2.21. The monoisotopic (exact) mass is 292 g/mol. The molecule has 0 amide bonds. The Bertz CT molecular complexity index is 574. The van der Waals surface area contributed by atoms with Crippen molar-refractivity contribution in [2.24, 2.45) is 7.05 Å². The van der Waals surface area contributed by atoms with Gasteiger partial charge in [-0.25, -0.2) is 0 Å². The van der Waals surface area contributed by atoms with E-state index in [1.807, 2.05) is 37.8 Å². The molecule has 0 aliphatic carbocycles. The highest BCUT2D eigenvalue weighted by molar-refractivity contribution is 6.30. The Morgan fingerprint density at radius 1 is 1.30 bits per heavy atom. The van der Waals surface area contributed by atoms with E-state index in [1.54, 1.807) is 0 Å². The van der Waals surface area contributed by atoms with Gasteiger partial charge < -0.3 is 10.2 Å². The summed E-state index contributed by atoms with van der Waals surface area (Å²) in [6.07, 6.45) is 0. The van der Waals surface area contributed by atoms with Gasteiger partial charge in [0, 0.05) is 37.8 Å². The highest BCUT2D eigenvalue weighted by atomic mass is 35.5. The number of anilines is 1. The number of aryl methyl sites for hydroxylation is 2. The van der Waals surface area contributed by atoms with Crippen LogP contribution >= 0.6 is 11.6 Å². The van der Waals surface area contributed by atoms with E-state index >= 15 is 0 Å². The van der Waals surface area contributed by atoms with Gasteiger partial charge in [-0.1, -0.05) is 23.7 Å². The highest BCUT2D eigenvalue weighted by Crippen LogP contribution is 2.23. The predicted molar refractivity (Wildman–Crippen MR) is 84.3 cm³/mol. The molecule has 0 aliphatic rings. The second-order valence-corrected chi connectivity index (χ2v) is 5.46. The van der Waals surface area contributed by atoms with Crippen LogP contribution in [0, 0.1) is 6.92 Å². The lowest BCUT2D eigenvalue weighted by Gasteiger charge is -2.21. The molecule has 0 spiro atoms. The van der Waals surface area contributed by atoms with Crippen LogP contribution in [-0.4, -0.2) is 23.9 Å². The van der Waals surface area contributed by atoms with Gasteiger partial charge in [0.25, 0.3) is 0 Å². The molecule has 0 saturated heterocycles. The lowest BCUT2D eigenvalue weighted by molar-refractivity contribution is 0.723. The van der Waals surface area contributed by atoms with E-state index in [2.05, 4.69) is 34.5 Å². The van der Waals surface area contributed by atoms with E-state index in [4.69, 9.17) is 11.6 Å². The van der Waals surface area contributed by atoms with Crippen LogP contribution in [0.4, 0.5) is 5.82 Å². The Morgan fingerprint density at radius 2 is 1.95 bits per heavy atom. The standard InChI is InChI=1S/C15H21ClN4/c1-11-14(9-17-2)15(20(4)18-11)19(3)10-12-5-7-13(16)8-6-12/h5-8,17H,9-10H2,1-4H3. The van der Waals surface area contributed by atoms with Gasteiger partial charge >= 0.3 is 0 Å². The molecule has 5 heteroatoms. The van der Waals surface area contributed by atoms with Crippen LogP contribution in [0.25, 0.3) is 0 Å². The molecule has 0 radical (unpaired) electrons. The van der Waals surface area contributed by atoms with Crippen molar-refractivity contribution in [1.29, 1.82) is 0 Å². The topological polar surface area (TPSA) is 33.1 Å². The second-order valence-electron chi connectivity index (χ2n) is 5.02. The minimum atomic E-state index is 0.767. The Hall–Kier alpha value is -1.52. The van der Waals surface area contributed by atoms with Crippen LogP contribution in [0.3, 0.4) is 0 Å². The number of aromatic nitrogens is 2. The van der Waals surface area contributed by atoms with Gasteiger partial charge in [-0.15, -0.1) is 0 Å². The average Bonchev–Trinajstić information content (AvgIpc) is 2.68. The second kappa shape index (κ2) is 6.29. The first kappa shape index (κ1) is 14.9. The summed E-state index contributed by atoms with van der Waals surface area (Å²) >= 11 is 5.92. The summed E-state index contributed by atoms with van der Waals surface area (Å²) < 4.78 is 1.94. The minimum absolute atomic E-state index is 0.767. The zero-order valence-corrected chi connectivity index (χ0v) is 13.2. The maximum Gasteiger partial charge on any atom is 0.131 e. The number of halogens is 1. The molecular weight excluding hydrogens is 272 g/mol. The first-order valence-corrected chi connectivity index (χ1v) is 7.03. The fourth-order valence-corrected chi connectivity index (χ4v) is 2.62. The van der Waals surface area contributed by atoms with E-state index in [-0.39, 0.29) is 0 Å². The SMILES string of the molecule is CNCc1c(C)nn(C)c1N(C)Cc1ccc(Cl)cc1. The zero-order valence-electron chi connectivity index (χ0n) is 12.4. The number of hydrogen-bond donors (Lipinski definition) is 1. The van der Waals surface area contributed by atoms with Crippen molar-refractivity contribution in [1.82, 2.24) is 15.1 Å². The van der Waals surface area contributed by atoms with Crippen LogP contribution in [0.2, 0.25) is 5.02 Å². The van der Waals surface area contributed by atoms with Crippen molar-refractivity contribution < 1.29 is 0 Å². The largest absolute Gasteiger partial charge is 0.355 e. The normalized spacial score (nSPS) is 10.8. The molecule has 0 saturated carbocycles. The zero-order chi connectivity index (χ0) is 14.7. The molecule has 4 nitrogen and oxygen atoms in total. The average molecular weight is 293 g/mol. The van der Waals surface area contributed by atoms with Crippen molar-refractivity contribution >= 4 is 17.4 Å². The van der Waals surface area contributed by atoms with Crippen molar-refractivity contribution in [3.05, 3.63) is 46.1 Å². The van der Waals surface area contributed by atoms with Gasteiger partial charge in [-0.3, -0.25) is 4.68 Å². The van der Waals surface area contributed by atoms with Gasteiger partial charge in [0.05, 0.1) is 5.69 Å². The van der Waals surface area contributed by atoms with E-state index < -0.39 is 0 Å². The fraction of sp³-hybridized carbons (Fsp3) is 0.400. The van der Waals surface area contributed by atoms with Crippen molar-refractivity contribution in [2.45, 2.75) is 20.0 Å². The maximum atomic E-state index is 5.92. The van der Waals surface area contributed by atoms with Crippen molar-refractivity contribution in [3.63, 3.8) is 0 Å². The van der Waals surface area contributed by atoms with Gasteiger partial charge in [0.15, 0.2) is 0 Å². The summed E-state index contributed by atoms with van der Waals surface area (Å²) in [4.78, 5) is 2.22. The molecule has 0 bridgehead atoms. The number of rotatable bonds is 5. The lowest BCUT2D eigenvalue weighted by atomic mass is 10.2. The summed E-state index contributed by atoms with van der Waals surface area (Å²) in [5.41, 5.74) is 3.54. The Morgan fingerprint density at radius 3 is 2.55 bits per heavy atom. The fourth-order valence-electron chi connectivity index (χ4n) is 2.49. The highest BCUT2D eigenvalue weighted by Gasteiger charge is 2.16. The molecule has 0 unspecified atom stereocenters. The van der Waals surface area contributed by atoms with Crippen molar-refractivity contribution in [2.75, 3.05) is 19.0 Å². The van der Waals surface area contributed by atoms with Gasteiger partial charge in [0.1, 0.15) is 5.82 Å². The number of hydrogen-bond acceptors (Lipinski definition) is 3. The van der Waals surface area contributed by atoms with Crippen molar-refractivity contribution in [3.8, 4) is 0 Å². The number of nitrogens with zero attached hydrogens (tertiary/aromatic N) is 3. The number of nitrogens with one attached hydrogen (secondary N) is 1. The van der Waals surface area contributed by atoms with Crippen LogP contribution in [0.5, 0.6) is 0 Å². The van der Waals surface area contributed by atoms with E-state index in [1.165, 1.54) is 11.1 Å². The Labute approximate surface area is 125 Å². The van der Waals surface area contributed by atoms with Crippen LogP contribution in [-0.2, 0) is 20.1 Å². The van der Waals surface area contributed by atoms with E-state index in [0.29, 0.717) is 0 Å². The molecule has 108 valence electrons. The maximum absolute atomic E-state index is 5.92. The third-order valence-electron chi connectivity index (χ3n) is 3.36. The third kappa shape index (κ3) is 3.14. The minimum Gasteiger partial charge on any atom is -0.355 e. The number of benzene rings is 1. The predicted octanol–water partition coefficient (Wildman–Crippen LogP) is 2.74. The Balaban J connectivity index is 2.24. The summed E-state index contributed by atoms with van der Waals surface area (Å²) in [6.45, 7) is 3.69. The van der Waals surface area contributed by atoms with E-state index in [0.717, 1.165) is 29.6 Å². The van der Waals surface area contributed by atoms with Crippen LogP contribution in [0.1, 0.15) is 16.8 Å². The molecule has 0 atom stereocenters. The molecule has 1 aromatic carbocycles. The summed E-state index contributed by atoms with van der Waals surface area (Å²) in [7, 11) is 6.03. The van der Waals surface area contributed by atoms with Crippen LogP contribution < -0.4 is 10.2 Å². The molecule has 1 N–H and O–H groups in total. The van der Waals surface area contributed by atoms with Gasteiger partial charge in [0.2, 0.25) is 0 Å². The quantitative estimate of drug-likeness (QED) is 0.920.